The quantitative estimate of drug-likeness (QED) is 0.693. The van der Waals surface area contributed by atoms with Crippen LogP contribution in [0.2, 0.25) is 0 Å². The zero-order valence-corrected chi connectivity index (χ0v) is 10.4. The average molecular weight is 227 g/mol. The van der Waals surface area contributed by atoms with Gasteiger partial charge in [0, 0.05) is 5.38 Å². The minimum absolute atomic E-state index is 0.223. The molecular weight excluding hydrogens is 208 g/mol. The number of ether oxygens (including phenoxy) is 1. The van der Waals surface area contributed by atoms with Crippen LogP contribution in [0.5, 0.6) is 5.75 Å². The molecule has 0 saturated heterocycles. The topological polar surface area (TPSA) is 9.23 Å². The fraction of sp³-hybridized carbons (Fsp3) is 0.538. The molecule has 0 spiro atoms. The zero-order valence-electron chi connectivity index (χ0n) is 9.66. The van der Waals surface area contributed by atoms with Crippen molar-refractivity contribution in [2.24, 2.45) is 5.92 Å². The number of hydrogen-bond donors (Lipinski definition) is 0. The van der Waals surface area contributed by atoms with Crippen molar-refractivity contribution in [2.45, 2.75) is 32.1 Å². The van der Waals surface area contributed by atoms with Crippen LogP contribution in [0, 0.1) is 5.92 Å². The maximum absolute atomic E-state index is 6.14. The summed E-state index contributed by atoms with van der Waals surface area (Å²) in [6, 6.07) is 8.21. The van der Waals surface area contributed by atoms with Crippen molar-refractivity contribution in [2.75, 3.05) is 7.11 Å². The molecule has 0 fully saturated rings. The fourth-order valence-corrected chi connectivity index (χ4v) is 2.00. The van der Waals surface area contributed by atoms with Crippen LogP contribution in [0.1, 0.15) is 25.8 Å². The second kappa shape index (κ2) is 6.02. The van der Waals surface area contributed by atoms with Gasteiger partial charge < -0.3 is 4.74 Å². The van der Waals surface area contributed by atoms with Crippen molar-refractivity contribution >= 4 is 11.6 Å². The van der Waals surface area contributed by atoms with E-state index < -0.39 is 0 Å². The molecule has 0 amide bonds. The van der Waals surface area contributed by atoms with Crippen molar-refractivity contribution in [3.05, 3.63) is 29.8 Å². The monoisotopic (exact) mass is 226 g/mol. The van der Waals surface area contributed by atoms with E-state index >= 15 is 0 Å². The number of alkyl halides is 1. The van der Waals surface area contributed by atoms with E-state index in [4.69, 9.17) is 16.3 Å². The van der Waals surface area contributed by atoms with Gasteiger partial charge in [0.05, 0.1) is 7.11 Å². The van der Waals surface area contributed by atoms with Crippen molar-refractivity contribution in [1.82, 2.24) is 0 Å². The SMILES string of the molecule is CCC(Cc1cccc(OC)c1)C(C)Cl. The summed E-state index contributed by atoms with van der Waals surface area (Å²) in [5.74, 6) is 1.46. The van der Waals surface area contributed by atoms with Crippen LogP contribution in [-0.4, -0.2) is 12.5 Å². The van der Waals surface area contributed by atoms with Crippen LogP contribution in [0.15, 0.2) is 24.3 Å². The third-order valence-electron chi connectivity index (χ3n) is 2.81. The highest BCUT2D eigenvalue weighted by Gasteiger charge is 2.13. The summed E-state index contributed by atoms with van der Waals surface area (Å²) in [6.45, 7) is 4.25. The van der Waals surface area contributed by atoms with E-state index in [0.717, 1.165) is 18.6 Å². The molecule has 0 aliphatic heterocycles. The Labute approximate surface area is 97.4 Å². The second-order valence-electron chi connectivity index (χ2n) is 3.90. The van der Waals surface area contributed by atoms with E-state index in [1.807, 2.05) is 12.1 Å². The largest absolute Gasteiger partial charge is 0.497 e. The highest BCUT2D eigenvalue weighted by molar-refractivity contribution is 6.20. The van der Waals surface area contributed by atoms with Crippen molar-refractivity contribution in [1.29, 1.82) is 0 Å². The number of rotatable bonds is 5. The maximum atomic E-state index is 6.14. The van der Waals surface area contributed by atoms with Gasteiger partial charge in [-0.15, -0.1) is 11.6 Å². The van der Waals surface area contributed by atoms with Crippen LogP contribution in [0.3, 0.4) is 0 Å². The highest BCUT2D eigenvalue weighted by Crippen LogP contribution is 2.22. The van der Waals surface area contributed by atoms with Gasteiger partial charge in [-0.05, 0) is 37.0 Å². The molecule has 15 heavy (non-hydrogen) atoms. The summed E-state index contributed by atoms with van der Waals surface area (Å²) in [6.07, 6.45) is 2.14. The van der Waals surface area contributed by atoms with Gasteiger partial charge in [0.1, 0.15) is 5.75 Å². The minimum atomic E-state index is 0.223. The van der Waals surface area contributed by atoms with Gasteiger partial charge in [0.25, 0.3) is 0 Å². The average Bonchev–Trinajstić information content (AvgIpc) is 2.25. The van der Waals surface area contributed by atoms with Crippen molar-refractivity contribution in [3.8, 4) is 5.75 Å². The van der Waals surface area contributed by atoms with E-state index in [1.54, 1.807) is 7.11 Å². The molecule has 0 aliphatic rings. The van der Waals surface area contributed by atoms with Crippen LogP contribution >= 0.6 is 11.6 Å². The summed E-state index contributed by atoms with van der Waals surface area (Å²) in [4.78, 5) is 0. The van der Waals surface area contributed by atoms with Crippen LogP contribution in [-0.2, 0) is 6.42 Å². The molecule has 0 N–H and O–H groups in total. The first-order chi connectivity index (χ1) is 7.17. The van der Waals surface area contributed by atoms with Crippen molar-refractivity contribution < 1.29 is 4.74 Å². The normalized spacial score (nSPS) is 14.7. The Kier molecular flexibility index (Phi) is 4.97. The Morgan fingerprint density at radius 2 is 2.13 bits per heavy atom. The summed E-state index contributed by atoms with van der Waals surface area (Å²) >= 11 is 6.14. The number of methoxy groups -OCH3 is 1. The smallest absolute Gasteiger partial charge is 0.119 e. The molecule has 2 heteroatoms. The number of benzene rings is 1. The summed E-state index contributed by atoms with van der Waals surface area (Å²) in [7, 11) is 1.70. The summed E-state index contributed by atoms with van der Waals surface area (Å²) < 4.78 is 5.20. The van der Waals surface area contributed by atoms with Crippen LogP contribution in [0.25, 0.3) is 0 Å². The molecule has 0 bridgehead atoms. The van der Waals surface area contributed by atoms with Gasteiger partial charge in [-0.2, -0.15) is 0 Å². The molecule has 0 aliphatic carbocycles. The lowest BCUT2D eigenvalue weighted by molar-refractivity contribution is 0.413. The molecule has 0 aromatic heterocycles. The first-order valence-corrected chi connectivity index (χ1v) is 5.88. The lowest BCUT2D eigenvalue weighted by atomic mass is 9.94. The van der Waals surface area contributed by atoms with Crippen molar-refractivity contribution in [3.63, 3.8) is 0 Å². The third kappa shape index (κ3) is 3.75. The molecule has 0 saturated carbocycles. The van der Waals surface area contributed by atoms with Gasteiger partial charge in [0.15, 0.2) is 0 Å². The van der Waals surface area contributed by atoms with E-state index in [2.05, 4.69) is 26.0 Å². The predicted octanol–water partition coefficient (Wildman–Crippen LogP) is 3.89. The van der Waals surface area contributed by atoms with Gasteiger partial charge in [-0.3, -0.25) is 0 Å². The van der Waals surface area contributed by atoms with Gasteiger partial charge in [0.2, 0.25) is 0 Å². The Balaban J connectivity index is 2.70. The van der Waals surface area contributed by atoms with E-state index in [1.165, 1.54) is 5.56 Å². The standard InChI is InChI=1S/C13H19ClO/c1-4-12(10(2)14)8-11-6-5-7-13(9-11)15-3/h5-7,9-10,12H,4,8H2,1-3H3. The number of halogens is 1. The lowest BCUT2D eigenvalue weighted by Crippen LogP contribution is -2.13. The molecule has 1 aromatic carbocycles. The zero-order chi connectivity index (χ0) is 11.3. The third-order valence-corrected chi connectivity index (χ3v) is 3.16. The Bertz CT molecular complexity index is 296. The lowest BCUT2D eigenvalue weighted by Gasteiger charge is -2.17. The first-order valence-electron chi connectivity index (χ1n) is 5.44. The second-order valence-corrected chi connectivity index (χ2v) is 4.59. The Morgan fingerprint density at radius 3 is 2.67 bits per heavy atom. The summed E-state index contributed by atoms with van der Waals surface area (Å²) in [5.41, 5.74) is 1.30. The number of hydrogen-bond acceptors (Lipinski definition) is 1. The van der Waals surface area contributed by atoms with E-state index in [0.29, 0.717) is 5.92 Å². The Hall–Kier alpha value is -0.690. The fourth-order valence-electron chi connectivity index (χ4n) is 1.73. The highest BCUT2D eigenvalue weighted by atomic mass is 35.5. The van der Waals surface area contributed by atoms with E-state index in [-0.39, 0.29) is 5.38 Å². The molecule has 1 aromatic rings. The Morgan fingerprint density at radius 1 is 1.40 bits per heavy atom. The molecule has 1 nitrogen and oxygen atoms in total. The molecule has 2 atom stereocenters. The molecule has 2 unspecified atom stereocenters. The van der Waals surface area contributed by atoms with E-state index in [9.17, 15) is 0 Å². The predicted molar refractivity (Wildman–Crippen MR) is 65.8 cm³/mol. The minimum Gasteiger partial charge on any atom is -0.497 e. The van der Waals surface area contributed by atoms with Gasteiger partial charge in [-0.25, -0.2) is 0 Å². The first kappa shape index (κ1) is 12.4. The molecule has 0 radical (unpaired) electrons. The van der Waals surface area contributed by atoms with Gasteiger partial charge >= 0.3 is 0 Å². The molecule has 1 rings (SSSR count). The van der Waals surface area contributed by atoms with Crippen LogP contribution < -0.4 is 4.74 Å². The van der Waals surface area contributed by atoms with Crippen LogP contribution in [0.4, 0.5) is 0 Å². The molecule has 0 heterocycles. The molecular formula is C13H19ClO. The summed E-state index contributed by atoms with van der Waals surface area (Å²) in [5, 5.41) is 0.223. The van der Waals surface area contributed by atoms with Gasteiger partial charge in [-0.1, -0.05) is 25.5 Å². The maximum Gasteiger partial charge on any atom is 0.119 e. The molecule has 84 valence electrons.